The molecule has 6 nitrogen and oxygen atoms in total. The summed E-state index contributed by atoms with van der Waals surface area (Å²) in [6, 6.07) is 0.377. The van der Waals surface area contributed by atoms with Gasteiger partial charge in [0.2, 0.25) is 0 Å². The summed E-state index contributed by atoms with van der Waals surface area (Å²) in [6.45, 7) is 2.77. The number of carbonyl (C=O) groups excluding carboxylic acids is 1. The number of hydrogen-bond acceptors (Lipinski definition) is 4. The monoisotopic (exact) mass is 299 g/mol. The fourth-order valence-corrected chi connectivity index (χ4v) is 2.52. The van der Waals surface area contributed by atoms with Gasteiger partial charge in [0.25, 0.3) is 5.91 Å². The third kappa shape index (κ3) is 3.93. The first-order valence-electron chi connectivity index (χ1n) is 7.23. The summed E-state index contributed by atoms with van der Waals surface area (Å²) in [5, 5.41) is 14.3. The number of halogens is 1. The molecule has 2 N–H and O–H groups in total. The van der Waals surface area contributed by atoms with Crippen molar-refractivity contribution in [2.45, 2.75) is 38.1 Å². The van der Waals surface area contributed by atoms with E-state index < -0.39 is 0 Å². The summed E-state index contributed by atoms with van der Waals surface area (Å²) in [6.07, 6.45) is 7.61. The van der Waals surface area contributed by atoms with Crippen LogP contribution in [0.1, 0.15) is 48.6 Å². The molecular formula is C13H22ClN5O. The van der Waals surface area contributed by atoms with Crippen LogP contribution < -0.4 is 10.6 Å². The van der Waals surface area contributed by atoms with E-state index in [0.717, 1.165) is 44.8 Å². The molecule has 2 heterocycles. The molecule has 0 unspecified atom stereocenters. The smallest absolute Gasteiger partial charge is 0.273 e. The van der Waals surface area contributed by atoms with Gasteiger partial charge in [-0.3, -0.25) is 4.79 Å². The Balaban J connectivity index is 0.00000147. The average Bonchev–Trinajstić information content (AvgIpc) is 3.13. The molecule has 1 saturated carbocycles. The van der Waals surface area contributed by atoms with Gasteiger partial charge in [-0.05, 0) is 38.3 Å². The third-order valence-electron chi connectivity index (χ3n) is 3.96. The Labute approximate surface area is 125 Å². The summed E-state index contributed by atoms with van der Waals surface area (Å²) in [4.78, 5) is 11.9. The molecule has 0 aromatic carbocycles. The first-order chi connectivity index (χ1) is 9.33. The minimum atomic E-state index is -0.0964. The van der Waals surface area contributed by atoms with Gasteiger partial charge in [-0.2, -0.15) is 0 Å². The molecule has 1 saturated heterocycles. The minimum Gasteiger partial charge on any atom is -0.351 e. The summed E-state index contributed by atoms with van der Waals surface area (Å²) >= 11 is 0. The van der Waals surface area contributed by atoms with Crippen LogP contribution in [-0.2, 0) is 0 Å². The lowest BCUT2D eigenvalue weighted by atomic mass is 10.1. The molecule has 3 rings (SSSR count). The Bertz CT molecular complexity index is 440. The molecule has 0 spiro atoms. The number of carbonyl (C=O) groups is 1. The van der Waals surface area contributed by atoms with Crippen molar-refractivity contribution in [2.24, 2.45) is 5.92 Å². The zero-order valence-electron chi connectivity index (χ0n) is 11.5. The van der Waals surface area contributed by atoms with E-state index in [-0.39, 0.29) is 18.3 Å². The molecule has 2 aliphatic rings. The lowest BCUT2D eigenvalue weighted by Gasteiger charge is -2.22. The maximum atomic E-state index is 11.9. The summed E-state index contributed by atoms with van der Waals surface area (Å²) in [5.74, 6) is 0.742. The molecule has 20 heavy (non-hydrogen) atoms. The molecule has 0 atom stereocenters. The van der Waals surface area contributed by atoms with Crippen LogP contribution in [0.4, 0.5) is 0 Å². The maximum absolute atomic E-state index is 11.9. The highest BCUT2D eigenvalue weighted by Gasteiger charge is 2.22. The van der Waals surface area contributed by atoms with Crippen molar-refractivity contribution >= 4 is 18.3 Å². The van der Waals surface area contributed by atoms with Gasteiger partial charge in [-0.1, -0.05) is 18.1 Å². The van der Waals surface area contributed by atoms with Crippen molar-refractivity contribution in [1.29, 1.82) is 0 Å². The van der Waals surface area contributed by atoms with E-state index in [1.165, 1.54) is 12.8 Å². The second-order valence-corrected chi connectivity index (χ2v) is 5.55. The zero-order valence-corrected chi connectivity index (χ0v) is 12.4. The van der Waals surface area contributed by atoms with Gasteiger partial charge in [-0.25, -0.2) is 4.68 Å². The second kappa shape index (κ2) is 7.04. The largest absolute Gasteiger partial charge is 0.351 e. The normalized spacial score (nSPS) is 19.4. The quantitative estimate of drug-likeness (QED) is 0.856. The second-order valence-electron chi connectivity index (χ2n) is 5.55. The zero-order chi connectivity index (χ0) is 13.1. The Hall–Kier alpha value is -1.14. The number of hydrogen-bond donors (Lipinski definition) is 2. The maximum Gasteiger partial charge on any atom is 0.273 e. The van der Waals surface area contributed by atoms with Crippen LogP contribution in [0, 0.1) is 5.92 Å². The van der Waals surface area contributed by atoms with Crippen LogP contribution in [0.5, 0.6) is 0 Å². The molecule has 1 aromatic rings. The Morgan fingerprint density at radius 3 is 2.80 bits per heavy atom. The highest BCUT2D eigenvalue weighted by Crippen LogP contribution is 2.31. The lowest BCUT2D eigenvalue weighted by Crippen LogP contribution is -2.29. The van der Waals surface area contributed by atoms with Crippen molar-refractivity contribution in [3.63, 3.8) is 0 Å². The third-order valence-corrected chi connectivity index (χ3v) is 3.96. The number of nitrogens with one attached hydrogen (secondary N) is 2. The van der Waals surface area contributed by atoms with E-state index in [2.05, 4.69) is 20.9 Å². The SMILES string of the molecule is Cl.O=C(NCCC1CC1)c1cn(C2CCNCC2)nn1. The van der Waals surface area contributed by atoms with E-state index in [1.54, 1.807) is 6.20 Å². The standard InChI is InChI=1S/C13H21N5O.ClH/c19-13(15-8-3-10-1-2-10)12-9-18(17-16-12)11-4-6-14-7-5-11;/h9-11,14H,1-8H2,(H,15,19);1H. The summed E-state index contributed by atoms with van der Waals surface area (Å²) < 4.78 is 1.84. The fourth-order valence-electron chi connectivity index (χ4n) is 2.52. The molecule has 1 aromatic heterocycles. The first-order valence-corrected chi connectivity index (χ1v) is 7.23. The predicted octanol–water partition coefficient (Wildman–Crippen LogP) is 1.15. The van der Waals surface area contributed by atoms with Gasteiger partial charge in [-0.15, -0.1) is 17.5 Å². The number of amides is 1. The Morgan fingerprint density at radius 1 is 1.35 bits per heavy atom. The van der Waals surface area contributed by atoms with Crippen molar-refractivity contribution in [3.8, 4) is 0 Å². The van der Waals surface area contributed by atoms with Crippen LogP contribution in [0.25, 0.3) is 0 Å². The van der Waals surface area contributed by atoms with Gasteiger partial charge in [0.05, 0.1) is 12.2 Å². The highest BCUT2D eigenvalue weighted by molar-refractivity contribution is 5.91. The topological polar surface area (TPSA) is 71.8 Å². The van der Waals surface area contributed by atoms with Crippen molar-refractivity contribution in [1.82, 2.24) is 25.6 Å². The first kappa shape index (κ1) is 15.3. The summed E-state index contributed by atoms with van der Waals surface area (Å²) in [5.41, 5.74) is 0.439. The number of nitrogens with zero attached hydrogens (tertiary/aromatic N) is 3. The van der Waals surface area contributed by atoms with Crippen LogP contribution in [-0.4, -0.2) is 40.5 Å². The number of piperidine rings is 1. The van der Waals surface area contributed by atoms with Crippen molar-refractivity contribution in [3.05, 3.63) is 11.9 Å². The molecule has 1 aliphatic carbocycles. The Morgan fingerprint density at radius 2 is 2.10 bits per heavy atom. The Kier molecular flexibility index (Phi) is 5.37. The van der Waals surface area contributed by atoms with E-state index in [1.807, 2.05) is 4.68 Å². The van der Waals surface area contributed by atoms with Crippen LogP contribution in [0.15, 0.2) is 6.20 Å². The lowest BCUT2D eigenvalue weighted by molar-refractivity contribution is 0.0947. The molecule has 1 amide bonds. The van der Waals surface area contributed by atoms with Gasteiger partial charge >= 0.3 is 0 Å². The van der Waals surface area contributed by atoms with E-state index in [9.17, 15) is 4.79 Å². The van der Waals surface area contributed by atoms with Crippen LogP contribution in [0.2, 0.25) is 0 Å². The fraction of sp³-hybridized carbons (Fsp3) is 0.769. The number of rotatable bonds is 5. The van der Waals surface area contributed by atoms with Crippen molar-refractivity contribution < 1.29 is 4.79 Å². The van der Waals surface area contributed by atoms with Crippen LogP contribution >= 0.6 is 12.4 Å². The summed E-state index contributed by atoms with van der Waals surface area (Å²) in [7, 11) is 0. The molecule has 1 aliphatic heterocycles. The van der Waals surface area contributed by atoms with Gasteiger partial charge in [0, 0.05) is 6.54 Å². The predicted molar refractivity (Wildman–Crippen MR) is 78.1 cm³/mol. The molecule has 0 bridgehead atoms. The van der Waals surface area contributed by atoms with E-state index in [0.29, 0.717) is 11.7 Å². The van der Waals surface area contributed by atoms with Gasteiger partial charge in [0.1, 0.15) is 0 Å². The molecule has 0 radical (unpaired) electrons. The van der Waals surface area contributed by atoms with E-state index in [4.69, 9.17) is 0 Å². The van der Waals surface area contributed by atoms with E-state index >= 15 is 0 Å². The highest BCUT2D eigenvalue weighted by atomic mass is 35.5. The molecule has 2 fully saturated rings. The molecule has 7 heteroatoms. The van der Waals surface area contributed by atoms with Gasteiger partial charge in [0.15, 0.2) is 5.69 Å². The van der Waals surface area contributed by atoms with Gasteiger partial charge < -0.3 is 10.6 Å². The van der Waals surface area contributed by atoms with Crippen LogP contribution in [0.3, 0.4) is 0 Å². The molecule has 112 valence electrons. The number of aromatic nitrogens is 3. The molecular weight excluding hydrogens is 278 g/mol. The average molecular weight is 300 g/mol. The minimum absolute atomic E-state index is 0. The van der Waals surface area contributed by atoms with Crippen molar-refractivity contribution in [2.75, 3.05) is 19.6 Å².